The molecule has 0 spiro atoms. The van der Waals surface area contributed by atoms with E-state index in [1.165, 1.54) is 25.9 Å². The van der Waals surface area contributed by atoms with Crippen molar-refractivity contribution >= 4 is 27.5 Å². The molecule has 25 heavy (non-hydrogen) atoms. The van der Waals surface area contributed by atoms with Crippen LogP contribution in [0, 0.1) is 6.92 Å². The summed E-state index contributed by atoms with van der Waals surface area (Å²) in [4.78, 5) is 22.1. The average Bonchev–Trinajstić information content (AvgIpc) is 3.20. The van der Waals surface area contributed by atoms with Crippen molar-refractivity contribution in [2.75, 3.05) is 33.2 Å². The molecule has 1 N–H and O–H groups in total. The average molecular weight is 359 g/mol. The number of aryl methyl sites for hydroxylation is 1. The molecule has 2 saturated heterocycles. The Balaban J connectivity index is 1.36. The molecule has 3 heterocycles. The number of benzene rings is 1. The summed E-state index contributed by atoms with van der Waals surface area (Å²) in [6.07, 6.45) is 3.55. The smallest absolute Gasteiger partial charge is 0.251 e. The van der Waals surface area contributed by atoms with Crippen LogP contribution < -0.4 is 5.32 Å². The van der Waals surface area contributed by atoms with Crippen molar-refractivity contribution < 1.29 is 4.79 Å². The van der Waals surface area contributed by atoms with Crippen molar-refractivity contribution in [1.29, 1.82) is 0 Å². The Morgan fingerprint density at radius 2 is 2.04 bits per heavy atom. The van der Waals surface area contributed by atoms with Gasteiger partial charge in [-0.1, -0.05) is 0 Å². The minimum absolute atomic E-state index is 0.0446. The Kier molecular flexibility index (Phi) is 4.75. The highest BCUT2D eigenvalue weighted by molar-refractivity contribution is 7.18. The lowest BCUT2D eigenvalue weighted by Crippen LogP contribution is -2.44. The third-order valence-electron chi connectivity index (χ3n) is 5.52. The molecule has 5 nitrogen and oxygen atoms in total. The number of nitrogens with one attached hydrogen (secondary N) is 1. The molecule has 1 unspecified atom stereocenters. The lowest BCUT2D eigenvalue weighted by atomic mass is 10.0. The predicted molar refractivity (Wildman–Crippen MR) is 102 cm³/mol. The Bertz CT molecular complexity index is 766. The molecular weight excluding hydrogens is 332 g/mol. The molecule has 1 aromatic carbocycles. The van der Waals surface area contributed by atoms with Gasteiger partial charge < -0.3 is 10.2 Å². The van der Waals surface area contributed by atoms with E-state index in [0.717, 1.165) is 40.3 Å². The zero-order valence-corrected chi connectivity index (χ0v) is 15.8. The van der Waals surface area contributed by atoms with Gasteiger partial charge in [-0.05, 0) is 64.5 Å². The topological polar surface area (TPSA) is 48.5 Å². The summed E-state index contributed by atoms with van der Waals surface area (Å²) in [5.74, 6) is 0.0446. The summed E-state index contributed by atoms with van der Waals surface area (Å²) >= 11 is 1.64. The maximum atomic E-state index is 12.6. The second kappa shape index (κ2) is 7.02. The maximum Gasteiger partial charge on any atom is 0.251 e. The van der Waals surface area contributed by atoms with Crippen molar-refractivity contribution in [2.24, 2.45) is 0 Å². The fourth-order valence-corrected chi connectivity index (χ4v) is 4.91. The fourth-order valence-electron chi connectivity index (χ4n) is 4.05. The third kappa shape index (κ3) is 3.71. The van der Waals surface area contributed by atoms with Crippen molar-refractivity contribution in [3.63, 3.8) is 0 Å². The van der Waals surface area contributed by atoms with Gasteiger partial charge in [-0.25, -0.2) is 4.98 Å². The summed E-state index contributed by atoms with van der Waals surface area (Å²) in [7, 11) is 2.20. The Morgan fingerprint density at radius 1 is 1.24 bits per heavy atom. The third-order valence-corrected chi connectivity index (χ3v) is 6.45. The summed E-state index contributed by atoms with van der Waals surface area (Å²) in [5.41, 5.74) is 1.72. The van der Waals surface area contributed by atoms with Gasteiger partial charge in [0.1, 0.15) is 0 Å². The van der Waals surface area contributed by atoms with E-state index in [9.17, 15) is 4.79 Å². The first-order valence-corrected chi connectivity index (χ1v) is 10.0. The number of hydrogen-bond acceptors (Lipinski definition) is 5. The molecule has 1 amide bonds. The number of hydrogen-bond donors (Lipinski definition) is 1. The van der Waals surface area contributed by atoms with Gasteiger partial charge >= 0.3 is 0 Å². The van der Waals surface area contributed by atoms with Crippen LogP contribution in [0.1, 0.15) is 34.6 Å². The van der Waals surface area contributed by atoms with E-state index in [1.807, 2.05) is 25.1 Å². The van der Waals surface area contributed by atoms with Gasteiger partial charge in [0.2, 0.25) is 0 Å². The fraction of sp³-hybridized carbons (Fsp3) is 0.579. The lowest BCUT2D eigenvalue weighted by Gasteiger charge is -2.35. The highest BCUT2D eigenvalue weighted by atomic mass is 32.1. The van der Waals surface area contributed by atoms with Gasteiger partial charge in [-0.15, -0.1) is 11.3 Å². The number of carbonyl (C=O) groups is 1. The first-order chi connectivity index (χ1) is 12.1. The molecular formula is C19H26N4OS. The normalized spacial score (nSPS) is 23.4. The van der Waals surface area contributed by atoms with Crippen LogP contribution in [0.5, 0.6) is 0 Å². The minimum atomic E-state index is 0.0446. The van der Waals surface area contributed by atoms with E-state index in [4.69, 9.17) is 0 Å². The maximum absolute atomic E-state index is 12.6. The Morgan fingerprint density at radius 3 is 2.84 bits per heavy atom. The summed E-state index contributed by atoms with van der Waals surface area (Å²) in [6, 6.07) is 6.77. The van der Waals surface area contributed by atoms with Gasteiger partial charge in [0.05, 0.1) is 15.2 Å². The van der Waals surface area contributed by atoms with E-state index in [0.29, 0.717) is 6.04 Å². The predicted octanol–water partition coefficient (Wildman–Crippen LogP) is 2.50. The number of thiazole rings is 1. The van der Waals surface area contributed by atoms with Gasteiger partial charge in [0.25, 0.3) is 5.91 Å². The molecule has 0 bridgehead atoms. The number of amides is 1. The van der Waals surface area contributed by atoms with E-state index >= 15 is 0 Å². The van der Waals surface area contributed by atoms with Crippen LogP contribution >= 0.6 is 11.3 Å². The molecule has 1 atom stereocenters. The van der Waals surface area contributed by atoms with Gasteiger partial charge in [-0.2, -0.15) is 0 Å². The van der Waals surface area contributed by atoms with E-state index in [2.05, 4.69) is 27.1 Å². The zero-order valence-electron chi connectivity index (χ0n) is 15.0. The molecule has 2 aliphatic rings. The quantitative estimate of drug-likeness (QED) is 0.916. The van der Waals surface area contributed by atoms with Crippen LogP contribution in [-0.2, 0) is 0 Å². The van der Waals surface area contributed by atoms with E-state index in [1.54, 1.807) is 11.3 Å². The van der Waals surface area contributed by atoms with Crippen LogP contribution in [0.2, 0.25) is 0 Å². The molecule has 134 valence electrons. The number of likely N-dealkylation sites (tertiary alicyclic amines) is 2. The highest BCUT2D eigenvalue weighted by Gasteiger charge is 2.30. The molecule has 6 heteroatoms. The van der Waals surface area contributed by atoms with Gasteiger partial charge in [0.15, 0.2) is 0 Å². The largest absolute Gasteiger partial charge is 0.348 e. The summed E-state index contributed by atoms with van der Waals surface area (Å²) < 4.78 is 1.09. The van der Waals surface area contributed by atoms with Gasteiger partial charge in [-0.3, -0.25) is 9.69 Å². The first kappa shape index (κ1) is 16.9. The molecule has 2 aromatic rings. The molecule has 0 aliphatic carbocycles. The molecule has 2 aliphatic heterocycles. The van der Waals surface area contributed by atoms with Crippen LogP contribution in [0.3, 0.4) is 0 Å². The van der Waals surface area contributed by atoms with Crippen LogP contribution in [0.15, 0.2) is 18.2 Å². The van der Waals surface area contributed by atoms with Crippen molar-refractivity contribution in [3.8, 4) is 0 Å². The zero-order chi connectivity index (χ0) is 17.4. The van der Waals surface area contributed by atoms with Crippen LogP contribution in [0.4, 0.5) is 0 Å². The molecule has 1 aromatic heterocycles. The Hall–Kier alpha value is -1.50. The van der Waals surface area contributed by atoms with Crippen molar-refractivity contribution in [2.45, 2.75) is 38.3 Å². The number of aromatic nitrogens is 1. The first-order valence-electron chi connectivity index (χ1n) is 9.19. The summed E-state index contributed by atoms with van der Waals surface area (Å²) in [6.45, 7) is 6.47. The van der Waals surface area contributed by atoms with Crippen LogP contribution in [-0.4, -0.2) is 66.0 Å². The van der Waals surface area contributed by atoms with E-state index in [-0.39, 0.29) is 11.9 Å². The lowest BCUT2D eigenvalue weighted by molar-refractivity contribution is 0.0932. The standard InChI is InChI=1S/C19H26N4OS/c1-13-20-17-4-3-14(11-18(17)25-13)19(24)21-15-5-10-23(12-15)16-6-8-22(2)9-7-16/h3-4,11,15-16H,5-10,12H2,1-2H3,(H,21,24). The van der Waals surface area contributed by atoms with Crippen molar-refractivity contribution in [3.05, 3.63) is 28.8 Å². The number of carbonyl (C=O) groups excluding carboxylic acids is 1. The molecule has 2 fully saturated rings. The number of rotatable bonds is 3. The molecule has 4 rings (SSSR count). The second-order valence-corrected chi connectivity index (χ2v) is 8.64. The number of piperidine rings is 1. The summed E-state index contributed by atoms with van der Waals surface area (Å²) in [5, 5.41) is 4.28. The monoisotopic (exact) mass is 358 g/mol. The van der Waals surface area contributed by atoms with Crippen LogP contribution in [0.25, 0.3) is 10.2 Å². The number of nitrogens with zero attached hydrogens (tertiary/aromatic N) is 3. The van der Waals surface area contributed by atoms with Gasteiger partial charge in [0, 0.05) is 30.7 Å². The molecule has 0 radical (unpaired) electrons. The highest BCUT2D eigenvalue weighted by Crippen LogP contribution is 2.24. The second-order valence-electron chi connectivity index (χ2n) is 7.40. The van der Waals surface area contributed by atoms with Crippen molar-refractivity contribution in [1.82, 2.24) is 20.1 Å². The van der Waals surface area contributed by atoms with E-state index < -0.39 is 0 Å². The molecule has 0 saturated carbocycles. The minimum Gasteiger partial charge on any atom is -0.348 e. The Labute approximate surface area is 153 Å². The SMILES string of the molecule is Cc1nc2ccc(C(=O)NC3CCN(C4CCN(C)CC4)C3)cc2s1. The number of fused-ring (bicyclic) bond motifs is 1.